The molecular formula is C16H18ClN. The van der Waals surface area contributed by atoms with E-state index in [9.17, 15) is 0 Å². The highest BCUT2D eigenvalue weighted by atomic mass is 35.5. The van der Waals surface area contributed by atoms with Gasteiger partial charge < -0.3 is 5.73 Å². The summed E-state index contributed by atoms with van der Waals surface area (Å²) in [4.78, 5) is 0. The topological polar surface area (TPSA) is 26.0 Å². The molecule has 94 valence electrons. The number of rotatable bonds is 2. The third kappa shape index (κ3) is 2.58. The molecule has 2 aromatic carbocycles. The zero-order valence-electron chi connectivity index (χ0n) is 11.0. The second-order valence-electron chi connectivity index (χ2n) is 4.84. The third-order valence-electron chi connectivity index (χ3n) is 3.34. The van der Waals surface area contributed by atoms with E-state index >= 15 is 0 Å². The van der Waals surface area contributed by atoms with E-state index in [4.69, 9.17) is 17.3 Å². The summed E-state index contributed by atoms with van der Waals surface area (Å²) in [5, 5.41) is 0.732. The molecule has 18 heavy (non-hydrogen) atoms. The highest BCUT2D eigenvalue weighted by Crippen LogP contribution is 2.27. The van der Waals surface area contributed by atoms with Crippen molar-refractivity contribution >= 4 is 11.6 Å². The van der Waals surface area contributed by atoms with Crippen molar-refractivity contribution in [2.45, 2.75) is 26.8 Å². The molecule has 0 saturated carbocycles. The number of benzene rings is 2. The summed E-state index contributed by atoms with van der Waals surface area (Å²) in [6.45, 7) is 6.25. The molecule has 0 bridgehead atoms. The molecule has 0 aliphatic carbocycles. The molecule has 0 radical (unpaired) electrons. The maximum atomic E-state index is 6.38. The van der Waals surface area contributed by atoms with Gasteiger partial charge in [0.15, 0.2) is 0 Å². The minimum atomic E-state index is -0.121. The first-order valence-electron chi connectivity index (χ1n) is 6.08. The lowest BCUT2D eigenvalue weighted by Crippen LogP contribution is -2.14. The lowest BCUT2D eigenvalue weighted by atomic mass is 9.92. The van der Waals surface area contributed by atoms with Crippen LogP contribution in [-0.2, 0) is 0 Å². The molecule has 0 aliphatic rings. The fraction of sp³-hybridized carbons (Fsp3) is 0.250. The normalized spacial score (nSPS) is 12.5. The molecule has 2 aromatic rings. The van der Waals surface area contributed by atoms with Gasteiger partial charge in [-0.3, -0.25) is 0 Å². The van der Waals surface area contributed by atoms with Gasteiger partial charge in [-0.15, -0.1) is 0 Å². The average Bonchev–Trinajstić information content (AvgIpc) is 2.31. The standard InChI is InChI=1S/C16H18ClN/c1-10-4-7-14(12(3)8-10)16(18)15-9-13(17)6-5-11(15)2/h4-9,16H,18H2,1-3H3. The molecular weight excluding hydrogens is 242 g/mol. The van der Waals surface area contributed by atoms with Gasteiger partial charge in [-0.05, 0) is 55.2 Å². The zero-order valence-corrected chi connectivity index (χ0v) is 11.8. The van der Waals surface area contributed by atoms with Crippen LogP contribution in [0.25, 0.3) is 0 Å². The van der Waals surface area contributed by atoms with E-state index in [2.05, 4.69) is 39.0 Å². The van der Waals surface area contributed by atoms with Gasteiger partial charge in [-0.2, -0.15) is 0 Å². The predicted molar refractivity (Wildman–Crippen MR) is 78.1 cm³/mol. The van der Waals surface area contributed by atoms with Crippen LogP contribution in [0.1, 0.15) is 33.9 Å². The maximum absolute atomic E-state index is 6.38. The third-order valence-corrected chi connectivity index (χ3v) is 3.57. The Labute approximate surface area is 114 Å². The Balaban J connectivity index is 2.47. The van der Waals surface area contributed by atoms with Gasteiger partial charge in [0.1, 0.15) is 0 Å². The summed E-state index contributed by atoms with van der Waals surface area (Å²) < 4.78 is 0. The first-order chi connectivity index (χ1) is 8.49. The van der Waals surface area contributed by atoms with Crippen molar-refractivity contribution in [3.8, 4) is 0 Å². The quantitative estimate of drug-likeness (QED) is 0.854. The Bertz CT molecular complexity index is 575. The van der Waals surface area contributed by atoms with Crippen LogP contribution in [-0.4, -0.2) is 0 Å². The Morgan fingerprint density at radius 2 is 1.61 bits per heavy atom. The van der Waals surface area contributed by atoms with Crippen molar-refractivity contribution in [2.24, 2.45) is 5.73 Å². The molecule has 0 aliphatic heterocycles. The van der Waals surface area contributed by atoms with E-state index in [1.807, 2.05) is 18.2 Å². The smallest absolute Gasteiger partial charge is 0.0557 e. The van der Waals surface area contributed by atoms with Gasteiger partial charge >= 0.3 is 0 Å². The number of hydrogen-bond acceptors (Lipinski definition) is 1. The van der Waals surface area contributed by atoms with Crippen molar-refractivity contribution in [1.29, 1.82) is 0 Å². The Hall–Kier alpha value is -1.31. The Morgan fingerprint density at radius 3 is 2.28 bits per heavy atom. The minimum Gasteiger partial charge on any atom is -0.320 e. The van der Waals surface area contributed by atoms with Gasteiger partial charge in [0, 0.05) is 5.02 Å². The van der Waals surface area contributed by atoms with Crippen LogP contribution in [0.15, 0.2) is 36.4 Å². The largest absolute Gasteiger partial charge is 0.320 e. The summed E-state index contributed by atoms with van der Waals surface area (Å²) in [6, 6.07) is 12.1. The van der Waals surface area contributed by atoms with Gasteiger partial charge in [0.2, 0.25) is 0 Å². The average molecular weight is 260 g/mol. The van der Waals surface area contributed by atoms with E-state index in [-0.39, 0.29) is 6.04 Å². The number of hydrogen-bond donors (Lipinski definition) is 1. The zero-order chi connectivity index (χ0) is 13.3. The fourth-order valence-corrected chi connectivity index (χ4v) is 2.47. The molecule has 1 unspecified atom stereocenters. The van der Waals surface area contributed by atoms with E-state index in [0.29, 0.717) is 0 Å². The monoisotopic (exact) mass is 259 g/mol. The molecule has 2 N–H and O–H groups in total. The van der Waals surface area contributed by atoms with Crippen molar-refractivity contribution in [3.63, 3.8) is 0 Å². The summed E-state index contributed by atoms with van der Waals surface area (Å²) in [5.41, 5.74) is 12.3. The lowest BCUT2D eigenvalue weighted by molar-refractivity contribution is 0.851. The van der Waals surface area contributed by atoms with Crippen LogP contribution in [0.5, 0.6) is 0 Å². The number of nitrogens with two attached hydrogens (primary N) is 1. The van der Waals surface area contributed by atoms with E-state index < -0.39 is 0 Å². The fourth-order valence-electron chi connectivity index (χ4n) is 2.29. The molecule has 0 fully saturated rings. The first-order valence-corrected chi connectivity index (χ1v) is 6.45. The molecule has 2 rings (SSSR count). The molecule has 2 heteroatoms. The second-order valence-corrected chi connectivity index (χ2v) is 5.28. The maximum Gasteiger partial charge on any atom is 0.0557 e. The molecule has 0 spiro atoms. The summed E-state index contributed by atoms with van der Waals surface area (Å²) in [7, 11) is 0. The van der Waals surface area contributed by atoms with Gasteiger partial charge in [-0.25, -0.2) is 0 Å². The SMILES string of the molecule is Cc1ccc(C(N)c2cc(Cl)ccc2C)c(C)c1. The number of aryl methyl sites for hydroxylation is 3. The molecule has 1 atom stereocenters. The predicted octanol–water partition coefficient (Wildman–Crippen LogP) is 4.31. The summed E-state index contributed by atoms with van der Waals surface area (Å²) >= 11 is 6.06. The highest BCUT2D eigenvalue weighted by Gasteiger charge is 2.14. The van der Waals surface area contributed by atoms with E-state index in [1.165, 1.54) is 16.7 Å². The Kier molecular flexibility index (Phi) is 3.74. The van der Waals surface area contributed by atoms with Gasteiger partial charge in [-0.1, -0.05) is 41.4 Å². The van der Waals surface area contributed by atoms with Crippen LogP contribution in [0, 0.1) is 20.8 Å². The molecule has 0 saturated heterocycles. The van der Waals surface area contributed by atoms with Crippen molar-refractivity contribution in [1.82, 2.24) is 0 Å². The van der Waals surface area contributed by atoms with Gasteiger partial charge in [0.05, 0.1) is 6.04 Å². The Morgan fingerprint density at radius 1 is 0.889 bits per heavy atom. The van der Waals surface area contributed by atoms with Crippen LogP contribution in [0.2, 0.25) is 5.02 Å². The lowest BCUT2D eigenvalue weighted by Gasteiger charge is -2.18. The highest BCUT2D eigenvalue weighted by molar-refractivity contribution is 6.30. The van der Waals surface area contributed by atoms with Crippen LogP contribution >= 0.6 is 11.6 Å². The molecule has 1 nitrogen and oxygen atoms in total. The number of halogens is 1. The van der Waals surface area contributed by atoms with E-state index in [1.54, 1.807) is 0 Å². The molecule has 0 aromatic heterocycles. The van der Waals surface area contributed by atoms with Crippen molar-refractivity contribution in [3.05, 3.63) is 69.2 Å². The van der Waals surface area contributed by atoms with Crippen LogP contribution in [0.3, 0.4) is 0 Å². The van der Waals surface area contributed by atoms with Crippen molar-refractivity contribution < 1.29 is 0 Å². The van der Waals surface area contributed by atoms with Crippen LogP contribution in [0.4, 0.5) is 0 Å². The van der Waals surface area contributed by atoms with Crippen molar-refractivity contribution in [2.75, 3.05) is 0 Å². The first kappa shape index (κ1) is 13.1. The minimum absolute atomic E-state index is 0.121. The van der Waals surface area contributed by atoms with E-state index in [0.717, 1.165) is 16.1 Å². The summed E-state index contributed by atoms with van der Waals surface area (Å²) in [6.07, 6.45) is 0. The molecule has 0 heterocycles. The summed E-state index contributed by atoms with van der Waals surface area (Å²) in [5.74, 6) is 0. The second kappa shape index (κ2) is 5.13. The van der Waals surface area contributed by atoms with Crippen LogP contribution < -0.4 is 5.73 Å². The molecule has 0 amide bonds. The van der Waals surface area contributed by atoms with Gasteiger partial charge in [0.25, 0.3) is 0 Å².